The van der Waals surface area contributed by atoms with Crippen molar-refractivity contribution in [2.75, 3.05) is 12.5 Å². The molecule has 3 heterocycles. The summed E-state index contributed by atoms with van der Waals surface area (Å²) in [6.45, 7) is 0.155. The number of imide groups is 2. The molecule has 9 nitrogen and oxygen atoms in total. The van der Waals surface area contributed by atoms with Crippen LogP contribution in [0.4, 0.5) is 10.1 Å². The van der Waals surface area contributed by atoms with Gasteiger partial charge in [0.15, 0.2) is 11.5 Å². The maximum atomic E-state index is 15.3. The third kappa shape index (κ3) is 5.13. The molecule has 51 heavy (non-hydrogen) atoms. The smallest absolute Gasteiger partial charge is 0.260 e. The number of nitrogens with zero attached hydrogens (tertiary/aromatic N) is 2. The minimum absolute atomic E-state index is 0.0794. The van der Waals surface area contributed by atoms with E-state index in [0.717, 1.165) is 9.89 Å². The molecule has 0 radical (unpaired) electrons. The van der Waals surface area contributed by atoms with Gasteiger partial charge in [-0.05, 0) is 84.3 Å². The molecular weight excluding hydrogens is 761 g/mol. The molecule has 3 aromatic carbocycles. The van der Waals surface area contributed by atoms with Gasteiger partial charge in [-0.15, -0.1) is 11.3 Å². The van der Waals surface area contributed by atoms with Crippen molar-refractivity contribution in [1.82, 2.24) is 9.91 Å². The van der Waals surface area contributed by atoms with Crippen LogP contribution in [0.15, 0.2) is 94.3 Å². The first-order chi connectivity index (χ1) is 24.5. The minimum atomic E-state index is -1.64. The van der Waals surface area contributed by atoms with E-state index in [1.807, 2.05) is 23.6 Å². The van der Waals surface area contributed by atoms with Gasteiger partial charge in [0.2, 0.25) is 11.8 Å². The van der Waals surface area contributed by atoms with Gasteiger partial charge < -0.3 is 9.84 Å². The highest BCUT2D eigenvalue weighted by atomic mass is 79.9. The minimum Gasteiger partial charge on any atom is -0.504 e. The summed E-state index contributed by atoms with van der Waals surface area (Å²) >= 11 is 11.4. The fraction of sp³-hybridized carbons (Fsp3) is 0.263. The van der Waals surface area contributed by atoms with Crippen molar-refractivity contribution in [3.8, 4) is 11.5 Å². The molecule has 2 saturated heterocycles. The molecule has 13 heteroatoms. The van der Waals surface area contributed by atoms with Crippen LogP contribution in [0.25, 0.3) is 0 Å². The van der Waals surface area contributed by atoms with Gasteiger partial charge in [0.05, 0.1) is 42.5 Å². The van der Waals surface area contributed by atoms with Crippen molar-refractivity contribution in [1.29, 1.82) is 0 Å². The Labute approximate surface area is 309 Å². The van der Waals surface area contributed by atoms with Gasteiger partial charge in [0.25, 0.3) is 11.8 Å². The molecule has 6 atom stereocenters. The number of benzene rings is 3. The van der Waals surface area contributed by atoms with E-state index in [4.69, 9.17) is 16.3 Å². The summed E-state index contributed by atoms with van der Waals surface area (Å²) in [7, 11) is 1.42. The molecule has 1 saturated carbocycles. The predicted molar refractivity (Wildman–Crippen MR) is 191 cm³/mol. The number of carbonyl (C=O) groups is 4. The van der Waals surface area contributed by atoms with Crippen LogP contribution in [-0.4, -0.2) is 45.8 Å². The zero-order valence-electron chi connectivity index (χ0n) is 27.0. The van der Waals surface area contributed by atoms with Crippen LogP contribution in [0.5, 0.6) is 11.5 Å². The van der Waals surface area contributed by atoms with Crippen LogP contribution in [0.2, 0.25) is 5.02 Å². The molecule has 2 N–H and O–H groups in total. The number of likely N-dealkylation sites (tertiary alicyclic amines) is 1. The van der Waals surface area contributed by atoms with E-state index in [9.17, 15) is 23.9 Å². The Morgan fingerprint density at radius 3 is 2.45 bits per heavy atom. The Morgan fingerprint density at radius 1 is 1.02 bits per heavy atom. The first kappa shape index (κ1) is 33.6. The highest BCUT2D eigenvalue weighted by Crippen LogP contribution is 2.65. The number of hydrogen-bond acceptors (Lipinski definition) is 8. The largest absolute Gasteiger partial charge is 0.504 e. The highest BCUT2D eigenvalue weighted by molar-refractivity contribution is 9.10. The van der Waals surface area contributed by atoms with E-state index >= 15 is 4.79 Å². The Kier molecular flexibility index (Phi) is 8.31. The Hall–Kier alpha value is -4.52. The molecule has 0 bridgehead atoms. The molecule has 4 amide bonds. The lowest BCUT2D eigenvalue weighted by Gasteiger charge is -2.50. The molecule has 3 fully saturated rings. The summed E-state index contributed by atoms with van der Waals surface area (Å²) in [5.41, 5.74) is 3.07. The standard InChI is InChI=1S/C38H30BrClFN3O6S/c1-50-30-16-20(39)15-28(33(30)45)32-25-12-13-26-31(36(48)43(34(26)46)18-24-3-2-14-51-24)27(25)17-29-35(47)44(42-23-10-8-22(41)9-11-23)37(49)38(29,32)19-4-6-21(40)7-5-19/h2-12,14-16,26-27,29,31-32,42,45H,13,17-18H2,1H3. The van der Waals surface area contributed by atoms with Gasteiger partial charge in [0.1, 0.15) is 5.82 Å². The third-order valence-electron chi connectivity index (χ3n) is 10.8. The topological polar surface area (TPSA) is 116 Å². The van der Waals surface area contributed by atoms with Crippen molar-refractivity contribution in [3.63, 3.8) is 0 Å². The molecule has 8 rings (SSSR count). The average Bonchev–Trinajstić information content (AvgIpc) is 3.78. The molecule has 6 unspecified atom stereocenters. The molecule has 2 aliphatic carbocycles. The number of methoxy groups -OCH3 is 1. The van der Waals surface area contributed by atoms with Crippen LogP contribution >= 0.6 is 38.9 Å². The van der Waals surface area contributed by atoms with Crippen molar-refractivity contribution in [2.24, 2.45) is 23.7 Å². The second-order valence-corrected chi connectivity index (χ2v) is 15.6. The Balaban J connectivity index is 1.34. The van der Waals surface area contributed by atoms with Crippen LogP contribution < -0.4 is 10.2 Å². The third-order valence-corrected chi connectivity index (χ3v) is 12.4. The van der Waals surface area contributed by atoms with E-state index in [-0.39, 0.29) is 42.7 Å². The van der Waals surface area contributed by atoms with Gasteiger partial charge >= 0.3 is 0 Å². The van der Waals surface area contributed by atoms with Crippen LogP contribution in [0, 0.1) is 29.5 Å². The first-order valence-corrected chi connectivity index (χ1v) is 18.4. The van der Waals surface area contributed by atoms with Crippen molar-refractivity contribution < 1.29 is 33.4 Å². The number of phenolic OH excluding ortho intramolecular Hbond substituents is 1. The number of hydrogen-bond donors (Lipinski definition) is 2. The maximum absolute atomic E-state index is 15.3. The number of anilines is 1. The van der Waals surface area contributed by atoms with E-state index < -0.39 is 52.6 Å². The van der Waals surface area contributed by atoms with E-state index in [0.29, 0.717) is 31.9 Å². The number of rotatable bonds is 7. The molecule has 2 aliphatic heterocycles. The first-order valence-electron chi connectivity index (χ1n) is 16.3. The number of ether oxygens (including phenoxy) is 1. The van der Waals surface area contributed by atoms with Crippen LogP contribution in [-0.2, 0) is 31.1 Å². The van der Waals surface area contributed by atoms with Crippen molar-refractivity contribution >= 4 is 68.2 Å². The number of carbonyl (C=O) groups excluding carboxylic acids is 4. The van der Waals surface area contributed by atoms with Gasteiger partial charge in [-0.1, -0.05) is 57.4 Å². The van der Waals surface area contributed by atoms with Gasteiger partial charge in [-0.25, -0.2) is 4.39 Å². The number of fused-ring (bicyclic) bond motifs is 4. The quantitative estimate of drug-likeness (QED) is 0.150. The lowest BCUT2D eigenvalue weighted by molar-refractivity contribution is -0.141. The molecule has 4 aliphatic rings. The number of halogens is 3. The number of aromatic hydroxyl groups is 1. The summed E-state index contributed by atoms with van der Waals surface area (Å²) in [4.78, 5) is 60.4. The maximum Gasteiger partial charge on any atom is 0.260 e. The number of nitrogens with one attached hydrogen (secondary N) is 1. The molecular formula is C38H30BrClFN3O6S. The number of thiophene rings is 1. The van der Waals surface area contributed by atoms with Crippen molar-refractivity contribution in [2.45, 2.75) is 30.7 Å². The molecule has 1 aromatic heterocycles. The SMILES string of the molecule is COc1cc(Br)cc(C2C3=CCC4C(=O)N(Cc5cccs5)C(=O)C4C3CC3C(=O)N(Nc4ccc(F)cc4)C(=O)C32c2ccc(Cl)cc2)c1O. The monoisotopic (exact) mass is 789 g/mol. The zero-order valence-corrected chi connectivity index (χ0v) is 30.2. The van der Waals surface area contributed by atoms with Gasteiger partial charge in [0, 0.05) is 25.9 Å². The zero-order chi connectivity index (χ0) is 35.8. The second kappa shape index (κ2) is 12.6. The second-order valence-electron chi connectivity index (χ2n) is 13.3. The lowest BCUT2D eigenvalue weighted by Crippen LogP contribution is -2.53. The number of hydrazine groups is 1. The normalized spacial score (nSPS) is 26.9. The predicted octanol–water partition coefficient (Wildman–Crippen LogP) is 7.20. The summed E-state index contributed by atoms with van der Waals surface area (Å²) in [5, 5.41) is 15.1. The fourth-order valence-corrected chi connectivity index (χ4v) is 10.0. The van der Waals surface area contributed by atoms with Gasteiger partial charge in [-0.3, -0.25) is 29.5 Å². The summed E-state index contributed by atoms with van der Waals surface area (Å²) in [5.74, 6) is -6.37. The summed E-state index contributed by atoms with van der Waals surface area (Å²) < 4.78 is 20.0. The average molecular weight is 791 g/mol. The summed E-state index contributed by atoms with van der Waals surface area (Å²) in [6, 6.07) is 19.0. The van der Waals surface area contributed by atoms with Crippen molar-refractivity contribution in [3.05, 3.63) is 121 Å². The highest BCUT2D eigenvalue weighted by Gasteiger charge is 2.70. The van der Waals surface area contributed by atoms with E-state index in [1.54, 1.807) is 36.4 Å². The Morgan fingerprint density at radius 2 is 1.76 bits per heavy atom. The van der Waals surface area contributed by atoms with Gasteiger partial charge in [-0.2, -0.15) is 5.01 Å². The lowest BCUT2D eigenvalue weighted by atomic mass is 9.49. The summed E-state index contributed by atoms with van der Waals surface area (Å²) in [6.07, 6.45) is 2.24. The number of phenols is 1. The molecule has 0 spiro atoms. The van der Waals surface area contributed by atoms with Crippen LogP contribution in [0.3, 0.4) is 0 Å². The number of allylic oxidation sites excluding steroid dienone is 2. The van der Waals surface area contributed by atoms with E-state index in [1.165, 1.54) is 47.6 Å². The van der Waals surface area contributed by atoms with Crippen LogP contribution in [0.1, 0.15) is 34.8 Å². The molecule has 4 aromatic rings. The molecule has 260 valence electrons. The Bertz CT molecular complexity index is 2130. The van der Waals surface area contributed by atoms with E-state index in [2.05, 4.69) is 21.4 Å². The fourth-order valence-electron chi connectivity index (χ4n) is 8.75. The number of amides is 4.